The van der Waals surface area contributed by atoms with E-state index in [-0.39, 0.29) is 42.1 Å². The number of halogens is 1. The molecular formula is C53H49FIrN4O-2. The van der Waals surface area contributed by atoms with Crippen molar-refractivity contribution in [3.63, 3.8) is 0 Å². The minimum absolute atomic E-state index is 0. The molecule has 5 nitrogen and oxygen atoms in total. The van der Waals surface area contributed by atoms with Crippen LogP contribution in [0.25, 0.3) is 72.6 Å². The molecule has 9 aromatic rings. The molecule has 5 aromatic carbocycles. The molecule has 305 valence electrons. The summed E-state index contributed by atoms with van der Waals surface area (Å²) in [5, 5.41) is 2.06. The van der Waals surface area contributed by atoms with Crippen molar-refractivity contribution in [2.45, 2.75) is 79.0 Å². The molecule has 0 aliphatic heterocycles. The second-order valence-electron chi connectivity index (χ2n) is 17.2. The van der Waals surface area contributed by atoms with Crippen LogP contribution in [0.2, 0.25) is 0 Å². The Labute approximate surface area is 371 Å². The number of benzene rings is 5. The normalized spacial score (nSPS) is 13.2. The van der Waals surface area contributed by atoms with E-state index in [1.54, 1.807) is 12.3 Å². The standard InChI is InChI=1S/C37H32N3O.C16H17FN.Ir/c1-23(2)24-14-16-25(17-15-24)26-18-19-28-29-12-9-13-30(34(29)41-32(28)22-26)36-39-35-31(20-21-33(38-35)37(3,4)5)40(36)27-10-7-6-8-11-27;1-11-5-7-13(14(17)9-11)15-8-6-12(10-18-15)16(2,3)4;/h6-12,14-23H,1-5H3;5-6,8-10H,1-4H3;/q2*-1;/i23D;1D3;. The molecule has 0 spiro atoms. The number of imidazole rings is 1. The van der Waals surface area contributed by atoms with Crippen LogP contribution >= 0.6 is 0 Å². The fourth-order valence-corrected chi connectivity index (χ4v) is 7.12. The van der Waals surface area contributed by atoms with Crippen molar-refractivity contribution < 1.29 is 34.4 Å². The minimum atomic E-state index is -2.33. The fraction of sp³-hybridized carbons (Fsp3) is 0.226. The molecule has 0 atom stereocenters. The Kier molecular flexibility index (Phi) is 10.4. The monoisotopic (exact) mass is 973 g/mol. The van der Waals surface area contributed by atoms with Crippen molar-refractivity contribution in [1.82, 2.24) is 19.5 Å². The van der Waals surface area contributed by atoms with E-state index in [0.29, 0.717) is 11.3 Å². The van der Waals surface area contributed by atoms with E-state index in [0.717, 1.165) is 78.5 Å². The maximum Gasteiger partial charge on any atom is 0.168 e. The SMILES string of the molecule is [2H]C(C)(C)c1ccc(-c2ccc3c(c2)oc2c(-c4nc5nc(C(C)(C)C)ccc5n4-c4ccccc4)[c-]ccc23)cc1.[2H]C([2H])([2H])c1c[c-]c(-c2ccc(C(C)(C)C)cn2)c(F)c1.[Ir]. The Morgan fingerprint density at radius 3 is 2.17 bits per heavy atom. The Balaban J connectivity index is 0.000000236. The average molecular weight is 973 g/mol. The molecule has 60 heavy (non-hydrogen) atoms. The van der Waals surface area contributed by atoms with E-state index in [1.165, 1.54) is 6.07 Å². The number of rotatable bonds is 5. The predicted molar refractivity (Wildman–Crippen MR) is 241 cm³/mol. The molecule has 0 fully saturated rings. The molecule has 1 radical (unpaired) electrons. The van der Waals surface area contributed by atoms with Crippen molar-refractivity contribution in [3.8, 4) is 39.5 Å². The van der Waals surface area contributed by atoms with Crippen molar-refractivity contribution in [1.29, 1.82) is 0 Å². The summed E-state index contributed by atoms with van der Waals surface area (Å²) < 4.78 is 53.0. The topological polar surface area (TPSA) is 56.7 Å². The molecule has 0 bridgehead atoms. The molecule has 9 rings (SSSR count). The summed E-state index contributed by atoms with van der Waals surface area (Å²) in [5.41, 5.74) is 10.6. The first kappa shape index (κ1) is 37.3. The second kappa shape index (κ2) is 16.7. The van der Waals surface area contributed by atoms with Crippen LogP contribution in [0.1, 0.15) is 89.2 Å². The van der Waals surface area contributed by atoms with Crippen LogP contribution in [0.5, 0.6) is 0 Å². The molecular weight excluding hydrogens is 920 g/mol. The van der Waals surface area contributed by atoms with Gasteiger partial charge in [0.2, 0.25) is 0 Å². The Morgan fingerprint density at radius 1 is 0.767 bits per heavy atom. The predicted octanol–water partition coefficient (Wildman–Crippen LogP) is 14.2. The summed E-state index contributed by atoms with van der Waals surface area (Å²) in [4.78, 5) is 14.3. The van der Waals surface area contributed by atoms with Crippen LogP contribution in [0.15, 0.2) is 132 Å². The van der Waals surface area contributed by atoms with Gasteiger partial charge in [0.15, 0.2) is 5.65 Å². The van der Waals surface area contributed by atoms with Crippen molar-refractivity contribution in [2.75, 3.05) is 0 Å². The summed E-state index contributed by atoms with van der Waals surface area (Å²) >= 11 is 0. The summed E-state index contributed by atoms with van der Waals surface area (Å²) in [6.07, 6.45) is 1.71. The zero-order chi connectivity index (χ0) is 45.1. The molecule has 0 saturated heterocycles. The van der Waals surface area contributed by atoms with Gasteiger partial charge in [-0.3, -0.25) is 9.37 Å². The first-order valence-electron chi connectivity index (χ1n) is 21.8. The molecule has 0 unspecified atom stereocenters. The Bertz CT molecular complexity index is 3100. The van der Waals surface area contributed by atoms with Gasteiger partial charge in [0.25, 0.3) is 0 Å². The molecule has 4 aromatic heterocycles. The van der Waals surface area contributed by atoms with Crippen LogP contribution in [0.3, 0.4) is 0 Å². The van der Waals surface area contributed by atoms with Crippen molar-refractivity contribution >= 4 is 33.1 Å². The van der Waals surface area contributed by atoms with Gasteiger partial charge in [-0.05, 0) is 69.6 Å². The number of furan rings is 1. The first-order chi connectivity index (χ1) is 29.7. The van der Waals surface area contributed by atoms with Gasteiger partial charge in [0.05, 0.1) is 16.9 Å². The van der Waals surface area contributed by atoms with E-state index in [1.807, 2.05) is 56.3 Å². The third-order valence-corrected chi connectivity index (χ3v) is 10.5. The smallest absolute Gasteiger partial charge is 0.168 e. The second-order valence-corrected chi connectivity index (χ2v) is 17.2. The van der Waals surface area contributed by atoms with E-state index < -0.39 is 18.6 Å². The maximum absolute atomic E-state index is 14.1. The quantitative estimate of drug-likeness (QED) is 0.161. The van der Waals surface area contributed by atoms with Crippen LogP contribution in [0.4, 0.5) is 4.39 Å². The number of para-hydroxylation sites is 1. The van der Waals surface area contributed by atoms with Crippen molar-refractivity contribution in [3.05, 3.63) is 168 Å². The van der Waals surface area contributed by atoms with Gasteiger partial charge < -0.3 is 14.0 Å². The van der Waals surface area contributed by atoms with E-state index in [9.17, 15) is 4.39 Å². The Hall–Kier alpha value is -5.75. The number of nitrogens with zero attached hydrogens (tertiary/aromatic N) is 4. The molecule has 0 aliphatic rings. The van der Waals surface area contributed by atoms with Gasteiger partial charge in [0.1, 0.15) is 5.58 Å². The average Bonchev–Trinajstić information content (AvgIpc) is 3.81. The van der Waals surface area contributed by atoms with Crippen LogP contribution in [-0.2, 0) is 30.9 Å². The summed E-state index contributed by atoms with van der Waals surface area (Å²) in [7, 11) is 0. The van der Waals surface area contributed by atoms with E-state index in [2.05, 4.69) is 124 Å². The minimum Gasteiger partial charge on any atom is -0.501 e. The van der Waals surface area contributed by atoms with Gasteiger partial charge in [-0.15, -0.1) is 42.0 Å². The molecule has 0 N–H and O–H groups in total. The first-order valence-corrected chi connectivity index (χ1v) is 19.8. The number of hydrogen-bond acceptors (Lipinski definition) is 4. The summed E-state index contributed by atoms with van der Waals surface area (Å²) in [6, 6.07) is 45.1. The number of fused-ring (bicyclic) bond motifs is 4. The van der Waals surface area contributed by atoms with Crippen molar-refractivity contribution in [2.24, 2.45) is 0 Å². The number of pyridine rings is 2. The third-order valence-electron chi connectivity index (χ3n) is 10.5. The number of aromatic nitrogens is 4. The molecule has 0 amide bonds. The molecule has 4 heterocycles. The third kappa shape index (κ3) is 8.48. The molecule has 0 aliphatic carbocycles. The number of aryl methyl sites for hydroxylation is 1. The summed E-state index contributed by atoms with van der Waals surface area (Å²) in [6.45, 7) is 14.2. The zero-order valence-electron chi connectivity index (χ0n) is 39.0. The zero-order valence-corrected chi connectivity index (χ0v) is 37.4. The molecule has 0 saturated carbocycles. The van der Waals surface area contributed by atoms with E-state index in [4.69, 9.17) is 19.9 Å². The van der Waals surface area contributed by atoms with E-state index >= 15 is 0 Å². The van der Waals surface area contributed by atoms with Crippen LogP contribution in [0, 0.1) is 24.8 Å². The van der Waals surface area contributed by atoms with Crippen LogP contribution < -0.4 is 0 Å². The van der Waals surface area contributed by atoms with Gasteiger partial charge >= 0.3 is 0 Å². The van der Waals surface area contributed by atoms with Gasteiger partial charge in [-0.25, -0.2) is 4.98 Å². The largest absolute Gasteiger partial charge is 0.501 e. The maximum atomic E-state index is 14.1. The van der Waals surface area contributed by atoms with Gasteiger partial charge in [-0.1, -0.05) is 145 Å². The Morgan fingerprint density at radius 2 is 1.52 bits per heavy atom. The number of hydrogen-bond donors (Lipinski definition) is 0. The summed E-state index contributed by atoms with van der Waals surface area (Å²) in [5.74, 6) is -0.512. The molecule has 7 heteroatoms. The fourth-order valence-electron chi connectivity index (χ4n) is 7.12. The van der Waals surface area contributed by atoms with Crippen LogP contribution in [-0.4, -0.2) is 19.5 Å². The van der Waals surface area contributed by atoms with Gasteiger partial charge in [0, 0.05) is 59.8 Å². The van der Waals surface area contributed by atoms with Gasteiger partial charge in [-0.2, -0.15) is 0 Å².